The lowest BCUT2D eigenvalue weighted by atomic mass is 9.75. The van der Waals surface area contributed by atoms with Gasteiger partial charge in [-0.3, -0.25) is 0 Å². The smallest absolute Gasteiger partial charge is 0.106 e. The minimum atomic E-state index is -0.273. The fraction of sp³-hybridized carbons (Fsp3) is 0.500. The molecule has 1 aromatic carbocycles. The molecule has 0 unspecified atom stereocenters. The summed E-state index contributed by atoms with van der Waals surface area (Å²) in [7, 11) is 1.89. The van der Waals surface area contributed by atoms with Gasteiger partial charge in [-0.2, -0.15) is 5.26 Å². The zero-order chi connectivity index (χ0) is 11.4. The molecule has 1 N–H and O–H groups in total. The van der Waals surface area contributed by atoms with Gasteiger partial charge in [0.2, 0.25) is 0 Å². The van der Waals surface area contributed by atoms with Crippen molar-refractivity contribution in [1.82, 2.24) is 5.32 Å². The second kappa shape index (κ2) is 4.67. The predicted molar refractivity (Wildman–Crippen MR) is 65.1 cm³/mol. The van der Waals surface area contributed by atoms with Crippen molar-refractivity contribution in [2.75, 3.05) is 7.05 Å². The summed E-state index contributed by atoms with van der Waals surface area (Å²) in [5, 5.41) is 12.4. The molecule has 1 aliphatic rings. The predicted octanol–water partition coefficient (Wildman–Crippen LogP) is 2.83. The Morgan fingerprint density at radius 1 is 1.25 bits per heavy atom. The topological polar surface area (TPSA) is 35.8 Å². The summed E-state index contributed by atoms with van der Waals surface area (Å²) in [5.41, 5.74) is 1.15. The Bertz CT molecular complexity index is 369. The van der Waals surface area contributed by atoms with Crippen LogP contribution in [0.1, 0.15) is 37.2 Å². The maximum atomic E-state index is 9.19. The quantitative estimate of drug-likeness (QED) is 0.821. The van der Waals surface area contributed by atoms with Crippen LogP contribution in [-0.4, -0.2) is 12.6 Å². The van der Waals surface area contributed by atoms with Crippen molar-refractivity contribution in [3.05, 3.63) is 35.9 Å². The summed E-state index contributed by atoms with van der Waals surface area (Å²) < 4.78 is 0. The van der Waals surface area contributed by atoms with Crippen molar-refractivity contribution >= 4 is 0 Å². The second-order valence-corrected chi connectivity index (χ2v) is 4.63. The Morgan fingerprint density at radius 2 is 1.88 bits per heavy atom. The molecule has 84 valence electrons. The number of benzene rings is 1. The van der Waals surface area contributed by atoms with Crippen LogP contribution in [0.3, 0.4) is 0 Å². The number of rotatable bonds is 2. The van der Waals surface area contributed by atoms with Crippen LogP contribution >= 0.6 is 0 Å². The Balaban J connectivity index is 2.04. The molecule has 2 nitrogen and oxygen atoms in total. The zero-order valence-electron chi connectivity index (χ0n) is 9.74. The maximum absolute atomic E-state index is 9.19. The van der Waals surface area contributed by atoms with Crippen LogP contribution in [0.4, 0.5) is 0 Å². The van der Waals surface area contributed by atoms with E-state index in [9.17, 15) is 5.26 Å². The lowest BCUT2D eigenvalue weighted by molar-refractivity contribution is 0.291. The summed E-state index contributed by atoms with van der Waals surface area (Å²) in [6, 6.07) is 13.1. The first-order valence-corrected chi connectivity index (χ1v) is 5.95. The number of nitriles is 1. The Kier molecular flexibility index (Phi) is 3.26. The molecule has 1 aliphatic carbocycles. The molecule has 0 atom stereocenters. The highest BCUT2D eigenvalue weighted by atomic mass is 14.9. The monoisotopic (exact) mass is 214 g/mol. The molecular weight excluding hydrogens is 196 g/mol. The summed E-state index contributed by atoms with van der Waals surface area (Å²) in [4.78, 5) is 0. The maximum Gasteiger partial charge on any atom is 0.106 e. The highest BCUT2D eigenvalue weighted by molar-refractivity contribution is 5.22. The van der Waals surface area contributed by atoms with Crippen LogP contribution < -0.4 is 5.32 Å². The first-order valence-electron chi connectivity index (χ1n) is 5.95. The van der Waals surface area contributed by atoms with Crippen molar-refractivity contribution < 1.29 is 0 Å². The van der Waals surface area contributed by atoms with Gasteiger partial charge >= 0.3 is 0 Å². The third kappa shape index (κ3) is 2.10. The highest BCUT2D eigenvalue weighted by Crippen LogP contribution is 2.37. The largest absolute Gasteiger partial charge is 0.302 e. The molecule has 0 aromatic heterocycles. The first kappa shape index (κ1) is 11.2. The lowest BCUT2D eigenvalue weighted by Gasteiger charge is -2.34. The third-order valence-electron chi connectivity index (χ3n) is 3.80. The fourth-order valence-electron chi connectivity index (χ4n) is 2.59. The van der Waals surface area contributed by atoms with Gasteiger partial charge in [0.05, 0.1) is 6.07 Å². The van der Waals surface area contributed by atoms with Crippen molar-refractivity contribution in [3.8, 4) is 6.07 Å². The molecule has 1 fully saturated rings. The molecule has 0 heterocycles. The van der Waals surface area contributed by atoms with Crippen LogP contribution in [0, 0.1) is 11.3 Å². The Labute approximate surface area is 97.3 Å². The van der Waals surface area contributed by atoms with Gasteiger partial charge in [0.25, 0.3) is 0 Å². The molecule has 1 saturated carbocycles. The second-order valence-electron chi connectivity index (χ2n) is 4.63. The molecule has 0 spiro atoms. The molecule has 0 amide bonds. The summed E-state index contributed by atoms with van der Waals surface area (Å²) in [6.07, 6.45) is 4.13. The van der Waals surface area contributed by atoms with Crippen molar-refractivity contribution in [2.45, 2.75) is 37.1 Å². The van der Waals surface area contributed by atoms with E-state index in [1.165, 1.54) is 5.56 Å². The molecule has 2 heteroatoms. The van der Waals surface area contributed by atoms with Crippen molar-refractivity contribution in [3.63, 3.8) is 0 Å². The van der Waals surface area contributed by atoms with E-state index in [2.05, 4.69) is 41.7 Å². The van der Waals surface area contributed by atoms with Crippen LogP contribution in [-0.2, 0) is 0 Å². The van der Waals surface area contributed by atoms with Crippen LogP contribution in [0.5, 0.6) is 0 Å². The highest BCUT2D eigenvalue weighted by Gasteiger charge is 2.34. The molecular formula is C14H18N2. The van der Waals surface area contributed by atoms with E-state index in [-0.39, 0.29) is 5.54 Å². The number of nitrogens with zero attached hydrogens (tertiary/aromatic N) is 1. The van der Waals surface area contributed by atoms with E-state index in [1.807, 2.05) is 7.05 Å². The van der Waals surface area contributed by atoms with Gasteiger partial charge in [-0.25, -0.2) is 0 Å². The number of nitrogens with one attached hydrogen (secondary N) is 1. The molecule has 0 radical (unpaired) electrons. The van der Waals surface area contributed by atoms with Crippen molar-refractivity contribution in [1.29, 1.82) is 5.26 Å². The molecule has 16 heavy (non-hydrogen) atoms. The van der Waals surface area contributed by atoms with Crippen LogP contribution in [0.15, 0.2) is 30.3 Å². The van der Waals surface area contributed by atoms with Crippen LogP contribution in [0.2, 0.25) is 0 Å². The number of hydrogen-bond acceptors (Lipinski definition) is 2. The van der Waals surface area contributed by atoms with E-state index in [0.717, 1.165) is 25.7 Å². The molecule has 0 bridgehead atoms. The standard InChI is InChI=1S/C14H18N2/c1-16-14(11-15)9-7-13(8-10-14)12-5-3-2-4-6-12/h2-6,13,16H,7-10H2,1H3. The van der Waals surface area contributed by atoms with E-state index in [1.54, 1.807) is 0 Å². The van der Waals surface area contributed by atoms with Gasteiger partial charge in [0.1, 0.15) is 5.54 Å². The Morgan fingerprint density at radius 3 is 2.38 bits per heavy atom. The van der Waals surface area contributed by atoms with Gasteiger partial charge in [0.15, 0.2) is 0 Å². The first-order chi connectivity index (χ1) is 7.79. The molecule has 2 rings (SSSR count). The zero-order valence-corrected chi connectivity index (χ0v) is 9.74. The fourth-order valence-corrected chi connectivity index (χ4v) is 2.59. The molecule has 0 saturated heterocycles. The summed E-state index contributed by atoms with van der Waals surface area (Å²) in [5.74, 6) is 0.635. The van der Waals surface area contributed by atoms with Gasteiger partial charge in [-0.1, -0.05) is 30.3 Å². The van der Waals surface area contributed by atoms with E-state index < -0.39 is 0 Å². The van der Waals surface area contributed by atoms with Crippen molar-refractivity contribution in [2.24, 2.45) is 0 Å². The minimum absolute atomic E-state index is 0.273. The number of hydrogen-bond donors (Lipinski definition) is 1. The third-order valence-corrected chi connectivity index (χ3v) is 3.80. The average Bonchev–Trinajstić information content (AvgIpc) is 2.40. The SMILES string of the molecule is CNC1(C#N)CCC(c2ccccc2)CC1. The minimum Gasteiger partial charge on any atom is -0.302 e. The summed E-state index contributed by atoms with van der Waals surface area (Å²) in [6.45, 7) is 0. The summed E-state index contributed by atoms with van der Waals surface area (Å²) >= 11 is 0. The van der Waals surface area contributed by atoms with Gasteiger partial charge in [-0.15, -0.1) is 0 Å². The van der Waals surface area contributed by atoms with E-state index >= 15 is 0 Å². The van der Waals surface area contributed by atoms with Gasteiger partial charge in [-0.05, 0) is 44.2 Å². The van der Waals surface area contributed by atoms with Crippen LogP contribution in [0.25, 0.3) is 0 Å². The normalized spacial score (nSPS) is 29.6. The van der Waals surface area contributed by atoms with E-state index in [0.29, 0.717) is 5.92 Å². The molecule has 1 aromatic rings. The van der Waals surface area contributed by atoms with E-state index in [4.69, 9.17) is 0 Å². The average molecular weight is 214 g/mol. The Hall–Kier alpha value is -1.33. The lowest BCUT2D eigenvalue weighted by Crippen LogP contribution is -2.44. The molecule has 0 aliphatic heterocycles. The van der Waals surface area contributed by atoms with Gasteiger partial charge < -0.3 is 5.32 Å². The van der Waals surface area contributed by atoms with Gasteiger partial charge in [0, 0.05) is 0 Å².